The van der Waals surface area contributed by atoms with Crippen LogP contribution in [0.1, 0.15) is 11.3 Å². The van der Waals surface area contributed by atoms with Gasteiger partial charge < -0.3 is 19.0 Å². The molecule has 0 aliphatic carbocycles. The summed E-state index contributed by atoms with van der Waals surface area (Å²) in [6.45, 7) is 3.55. The molecule has 1 aliphatic heterocycles. The SMILES string of the molecule is N#Cc1nc(-c2ccc(OCc3ccccc3)cc2)oc1N1CCN(c2cccc(Cl)c2)CC1. The lowest BCUT2D eigenvalue weighted by Crippen LogP contribution is -2.46. The molecular weight excluding hydrogens is 448 g/mol. The van der Waals surface area contributed by atoms with E-state index in [-0.39, 0.29) is 0 Å². The van der Waals surface area contributed by atoms with Gasteiger partial charge in [-0.3, -0.25) is 0 Å². The zero-order valence-corrected chi connectivity index (χ0v) is 19.3. The van der Waals surface area contributed by atoms with Gasteiger partial charge in [-0.25, -0.2) is 0 Å². The van der Waals surface area contributed by atoms with Crippen LogP contribution in [-0.4, -0.2) is 31.2 Å². The molecule has 34 heavy (non-hydrogen) atoms. The van der Waals surface area contributed by atoms with Crippen molar-refractivity contribution >= 4 is 23.2 Å². The molecule has 0 bridgehead atoms. The molecule has 1 saturated heterocycles. The number of hydrogen-bond acceptors (Lipinski definition) is 6. The van der Waals surface area contributed by atoms with Crippen LogP contribution in [0.3, 0.4) is 0 Å². The van der Waals surface area contributed by atoms with Gasteiger partial charge in [0.15, 0.2) is 0 Å². The highest BCUT2D eigenvalue weighted by molar-refractivity contribution is 6.30. The van der Waals surface area contributed by atoms with E-state index in [2.05, 4.69) is 26.9 Å². The Balaban J connectivity index is 1.26. The fourth-order valence-corrected chi connectivity index (χ4v) is 4.18. The standard InChI is InChI=1S/C27H23ClN4O2/c28-22-7-4-8-23(17-22)31-13-15-32(16-14-31)27-25(18-29)30-26(34-27)21-9-11-24(12-10-21)33-19-20-5-2-1-3-6-20/h1-12,17H,13-16,19H2. The van der Waals surface area contributed by atoms with Crippen LogP contribution in [0.4, 0.5) is 11.6 Å². The van der Waals surface area contributed by atoms with E-state index in [1.165, 1.54) is 0 Å². The zero-order chi connectivity index (χ0) is 23.3. The number of nitriles is 1. The quantitative estimate of drug-likeness (QED) is 0.356. The zero-order valence-electron chi connectivity index (χ0n) is 18.5. The maximum atomic E-state index is 9.65. The van der Waals surface area contributed by atoms with Crippen molar-refractivity contribution in [2.75, 3.05) is 36.0 Å². The Kier molecular flexibility index (Phi) is 6.37. The minimum Gasteiger partial charge on any atom is -0.489 e. The van der Waals surface area contributed by atoms with E-state index in [0.29, 0.717) is 24.1 Å². The van der Waals surface area contributed by atoms with Crippen molar-refractivity contribution in [2.24, 2.45) is 0 Å². The van der Waals surface area contributed by atoms with Crippen molar-refractivity contribution in [1.29, 1.82) is 5.26 Å². The Bertz CT molecular complexity index is 1290. The molecule has 2 heterocycles. The van der Waals surface area contributed by atoms with Crippen molar-refractivity contribution in [3.8, 4) is 23.3 Å². The molecule has 0 N–H and O–H groups in total. The number of oxazole rings is 1. The molecule has 1 aliphatic rings. The first kappa shape index (κ1) is 21.9. The maximum Gasteiger partial charge on any atom is 0.235 e. The molecule has 0 saturated carbocycles. The highest BCUT2D eigenvalue weighted by Crippen LogP contribution is 2.31. The van der Waals surface area contributed by atoms with E-state index >= 15 is 0 Å². The van der Waals surface area contributed by atoms with Crippen LogP contribution < -0.4 is 14.5 Å². The van der Waals surface area contributed by atoms with Gasteiger partial charge in [-0.15, -0.1) is 0 Å². The lowest BCUT2D eigenvalue weighted by atomic mass is 10.2. The summed E-state index contributed by atoms with van der Waals surface area (Å²) >= 11 is 6.14. The van der Waals surface area contributed by atoms with Gasteiger partial charge in [0.1, 0.15) is 18.4 Å². The average molecular weight is 471 g/mol. The highest BCUT2D eigenvalue weighted by atomic mass is 35.5. The third kappa shape index (κ3) is 4.85. The highest BCUT2D eigenvalue weighted by Gasteiger charge is 2.25. The van der Waals surface area contributed by atoms with Gasteiger partial charge in [0.05, 0.1) is 0 Å². The van der Waals surface area contributed by atoms with Gasteiger partial charge >= 0.3 is 0 Å². The summed E-state index contributed by atoms with van der Waals surface area (Å²) in [5.74, 6) is 1.71. The Morgan fingerprint density at radius 1 is 0.912 bits per heavy atom. The number of nitrogens with zero attached hydrogens (tertiary/aromatic N) is 4. The lowest BCUT2D eigenvalue weighted by molar-refractivity contribution is 0.306. The number of halogens is 1. The summed E-state index contributed by atoms with van der Waals surface area (Å²) in [5.41, 5.74) is 3.31. The molecule has 170 valence electrons. The number of anilines is 2. The molecule has 0 atom stereocenters. The summed E-state index contributed by atoms with van der Waals surface area (Å²) in [7, 11) is 0. The molecule has 0 amide bonds. The third-order valence-electron chi connectivity index (χ3n) is 5.81. The molecule has 0 spiro atoms. The first-order valence-corrected chi connectivity index (χ1v) is 11.5. The number of piperazine rings is 1. The minimum absolute atomic E-state index is 0.301. The summed E-state index contributed by atoms with van der Waals surface area (Å²) < 4.78 is 11.9. The molecule has 3 aromatic carbocycles. The van der Waals surface area contributed by atoms with Crippen molar-refractivity contribution in [1.82, 2.24) is 4.98 Å². The maximum absolute atomic E-state index is 9.65. The molecule has 4 aromatic rings. The lowest BCUT2D eigenvalue weighted by Gasteiger charge is -2.35. The van der Waals surface area contributed by atoms with Gasteiger partial charge in [0.2, 0.25) is 17.5 Å². The first-order chi connectivity index (χ1) is 16.7. The van der Waals surface area contributed by atoms with Crippen LogP contribution in [0, 0.1) is 11.3 Å². The molecule has 1 aromatic heterocycles. The topological polar surface area (TPSA) is 65.5 Å². The van der Waals surface area contributed by atoms with E-state index < -0.39 is 0 Å². The molecule has 0 radical (unpaired) electrons. The van der Waals surface area contributed by atoms with Gasteiger partial charge in [-0.05, 0) is 48.0 Å². The number of ether oxygens (including phenoxy) is 1. The van der Waals surface area contributed by atoms with Gasteiger partial charge in [-0.1, -0.05) is 48.0 Å². The average Bonchev–Trinajstić information content (AvgIpc) is 3.33. The van der Waals surface area contributed by atoms with Crippen LogP contribution in [0.5, 0.6) is 5.75 Å². The van der Waals surface area contributed by atoms with Gasteiger partial charge in [0, 0.05) is 42.5 Å². The van der Waals surface area contributed by atoms with Crippen LogP contribution in [0.2, 0.25) is 5.02 Å². The molecule has 1 fully saturated rings. The smallest absolute Gasteiger partial charge is 0.235 e. The van der Waals surface area contributed by atoms with Crippen molar-refractivity contribution < 1.29 is 9.15 Å². The third-order valence-corrected chi connectivity index (χ3v) is 6.04. The number of benzene rings is 3. The minimum atomic E-state index is 0.301. The van der Waals surface area contributed by atoms with Crippen LogP contribution >= 0.6 is 11.6 Å². The molecule has 7 heteroatoms. The molecule has 5 rings (SSSR count). The fourth-order valence-electron chi connectivity index (χ4n) is 4.00. The summed E-state index contributed by atoms with van der Waals surface area (Å²) in [4.78, 5) is 8.80. The molecule has 0 unspecified atom stereocenters. The summed E-state index contributed by atoms with van der Waals surface area (Å²) in [6.07, 6.45) is 0. The van der Waals surface area contributed by atoms with E-state index in [0.717, 1.165) is 53.8 Å². The summed E-state index contributed by atoms with van der Waals surface area (Å²) in [5, 5.41) is 10.4. The normalized spacial score (nSPS) is 13.5. The number of rotatable bonds is 6. The Hall–Kier alpha value is -3.95. The van der Waals surface area contributed by atoms with Gasteiger partial charge in [-0.2, -0.15) is 10.2 Å². The van der Waals surface area contributed by atoms with Crippen molar-refractivity contribution in [2.45, 2.75) is 6.61 Å². The molecular formula is C27H23ClN4O2. The molecule has 6 nitrogen and oxygen atoms in total. The summed E-state index contributed by atoms with van der Waals surface area (Å²) in [6, 6.07) is 27.6. The number of hydrogen-bond donors (Lipinski definition) is 0. The Morgan fingerprint density at radius 3 is 2.35 bits per heavy atom. The monoisotopic (exact) mass is 470 g/mol. The Labute approximate surface area is 203 Å². The predicted molar refractivity (Wildman–Crippen MR) is 133 cm³/mol. The van der Waals surface area contributed by atoms with E-state index in [1.807, 2.05) is 72.8 Å². The van der Waals surface area contributed by atoms with E-state index in [9.17, 15) is 5.26 Å². The van der Waals surface area contributed by atoms with Crippen LogP contribution in [0.15, 0.2) is 83.3 Å². The van der Waals surface area contributed by atoms with E-state index in [4.69, 9.17) is 20.8 Å². The predicted octanol–water partition coefficient (Wildman–Crippen LogP) is 5.77. The second-order valence-corrected chi connectivity index (χ2v) is 8.47. The first-order valence-electron chi connectivity index (χ1n) is 11.1. The Morgan fingerprint density at radius 2 is 1.65 bits per heavy atom. The second-order valence-electron chi connectivity index (χ2n) is 8.04. The number of aromatic nitrogens is 1. The van der Waals surface area contributed by atoms with E-state index in [1.54, 1.807) is 0 Å². The van der Waals surface area contributed by atoms with Crippen molar-refractivity contribution in [3.63, 3.8) is 0 Å². The van der Waals surface area contributed by atoms with Crippen LogP contribution in [-0.2, 0) is 6.61 Å². The fraction of sp³-hybridized carbons (Fsp3) is 0.185. The van der Waals surface area contributed by atoms with Crippen molar-refractivity contribution in [3.05, 3.63) is 95.1 Å². The van der Waals surface area contributed by atoms with Crippen LogP contribution in [0.25, 0.3) is 11.5 Å². The largest absolute Gasteiger partial charge is 0.489 e. The van der Waals surface area contributed by atoms with Gasteiger partial charge in [0.25, 0.3) is 0 Å². The second kappa shape index (κ2) is 9.90.